The van der Waals surface area contributed by atoms with Crippen LogP contribution < -0.4 is 10.1 Å². The Bertz CT molecular complexity index is 740. The highest BCUT2D eigenvalue weighted by Crippen LogP contribution is 2.25. The monoisotopic (exact) mass is 341 g/mol. The minimum Gasteiger partial charge on any atom is -0.482 e. The maximum absolute atomic E-state index is 11.9. The van der Waals surface area contributed by atoms with Crippen molar-refractivity contribution in [3.8, 4) is 5.75 Å². The number of nitrogens with one attached hydrogen (secondary N) is 1. The lowest BCUT2D eigenvalue weighted by Gasteiger charge is -2.13. The number of aryl methyl sites for hydroxylation is 1. The van der Waals surface area contributed by atoms with E-state index in [1.54, 1.807) is 6.07 Å². The van der Waals surface area contributed by atoms with Gasteiger partial charge in [0.2, 0.25) is 0 Å². The van der Waals surface area contributed by atoms with E-state index in [-0.39, 0.29) is 25.0 Å². The SMILES string of the molecule is Cc1ccccc1NC(=O)COC(=O)COc1ccccc1C(C)C. The van der Waals surface area contributed by atoms with Crippen molar-refractivity contribution >= 4 is 17.6 Å². The molecule has 2 aromatic rings. The summed E-state index contributed by atoms with van der Waals surface area (Å²) in [6, 6.07) is 14.9. The molecule has 0 heterocycles. The zero-order valence-corrected chi connectivity index (χ0v) is 14.7. The van der Waals surface area contributed by atoms with E-state index in [2.05, 4.69) is 19.2 Å². The van der Waals surface area contributed by atoms with Crippen molar-refractivity contribution in [3.05, 3.63) is 59.7 Å². The summed E-state index contributed by atoms with van der Waals surface area (Å²) < 4.78 is 10.5. The zero-order chi connectivity index (χ0) is 18.2. The molecule has 0 bridgehead atoms. The number of hydrogen-bond donors (Lipinski definition) is 1. The van der Waals surface area contributed by atoms with Gasteiger partial charge in [-0.3, -0.25) is 4.79 Å². The minimum absolute atomic E-state index is 0.235. The van der Waals surface area contributed by atoms with E-state index >= 15 is 0 Å². The average Bonchev–Trinajstić information content (AvgIpc) is 2.60. The van der Waals surface area contributed by atoms with Crippen LogP contribution in [-0.2, 0) is 14.3 Å². The highest BCUT2D eigenvalue weighted by atomic mass is 16.6. The summed E-state index contributed by atoms with van der Waals surface area (Å²) in [5.41, 5.74) is 2.66. The first-order chi connectivity index (χ1) is 12.0. The van der Waals surface area contributed by atoms with Gasteiger partial charge in [0, 0.05) is 5.69 Å². The molecule has 25 heavy (non-hydrogen) atoms. The Morgan fingerprint density at radius 3 is 2.40 bits per heavy atom. The highest BCUT2D eigenvalue weighted by Gasteiger charge is 2.12. The van der Waals surface area contributed by atoms with Crippen LogP contribution in [0.4, 0.5) is 5.69 Å². The maximum Gasteiger partial charge on any atom is 0.344 e. The molecule has 0 aromatic heterocycles. The molecule has 0 aliphatic heterocycles. The van der Waals surface area contributed by atoms with Gasteiger partial charge in [-0.2, -0.15) is 0 Å². The summed E-state index contributed by atoms with van der Waals surface area (Å²) >= 11 is 0. The molecular formula is C20H23NO4. The van der Waals surface area contributed by atoms with Crippen LogP contribution in [0.1, 0.15) is 30.9 Å². The Labute approximate surface area is 148 Å². The maximum atomic E-state index is 11.9. The smallest absolute Gasteiger partial charge is 0.344 e. The predicted octanol–water partition coefficient (Wildman–Crippen LogP) is 3.68. The number of amides is 1. The molecular weight excluding hydrogens is 318 g/mol. The molecule has 0 aliphatic rings. The van der Waals surface area contributed by atoms with Gasteiger partial charge in [-0.05, 0) is 36.1 Å². The van der Waals surface area contributed by atoms with Crippen molar-refractivity contribution < 1.29 is 19.1 Å². The molecule has 1 N–H and O–H groups in total. The minimum atomic E-state index is -0.585. The normalized spacial score (nSPS) is 10.4. The Balaban J connectivity index is 1.79. The van der Waals surface area contributed by atoms with Crippen molar-refractivity contribution in [2.45, 2.75) is 26.7 Å². The molecule has 2 aromatic carbocycles. The number of benzene rings is 2. The van der Waals surface area contributed by atoms with Crippen molar-refractivity contribution in [1.29, 1.82) is 0 Å². The standard InChI is InChI=1S/C20H23NO4/c1-14(2)16-9-5-7-11-18(16)24-13-20(23)25-12-19(22)21-17-10-6-4-8-15(17)3/h4-11,14H,12-13H2,1-3H3,(H,21,22). The second-order valence-corrected chi connectivity index (χ2v) is 6.00. The first-order valence-corrected chi connectivity index (χ1v) is 8.20. The third-order valence-corrected chi connectivity index (χ3v) is 3.67. The lowest BCUT2D eigenvalue weighted by Crippen LogP contribution is -2.24. The van der Waals surface area contributed by atoms with Gasteiger partial charge in [0.05, 0.1) is 0 Å². The van der Waals surface area contributed by atoms with Gasteiger partial charge in [0.15, 0.2) is 13.2 Å². The van der Waals surface area contributed by atoms with E-state index in [4.69, 9.17) is 9.47 Å². The number of hydrogen-bond acceptors (Lipinski definition) is 4. The highest BCUT2D eigenvalue weighted by molar-refractivity contribution is 5.93. The lowest BCUT2D eigenvalue weighted by molar-refractivity contribution is -0.149. The molecule has 0 fully saturated rings. The number of rotatable bonds is 7. The van der Waals surface area contributed by atoms with Crippen LogP contribution in [0.25, 0.3) is 0 Å². The summed E-state index contributed by atoms with van der Waals surface area (Å²) in [4.78, 5) is 23.7. The van der Waals surface area contributed by atoms with Gasteiger partial charge >= 0.3 is 5.97 Å². The fraction of sp³-hybridized carbons (Fsp3) is 0.300. The number of carbonyl (C=O) groups excluding carboxylic acids is 2. The average molecular weight is 341 g/mol. The summed E-state index contributed by atoms with van der Waals surface area (Å²) in [6.45, 7) is 5.41. The second kappa shape index (κ2) is 8.87. The molecule has 0 spiro atoms. The Kier molecular flexibility index (Phi) is 6.57. The largest absolute Gasteiger partial charge is 0.482 e. The molecule has 2 rings (SSSR count). The number of ether oxygens (including phenoxy) is 2. The Morgan fingerprint density at radius 1 is 1.00 bits per heavy atom. The molecule has 5 heteroatoms. The van der Waals surface area contributed by atoms with Crippen molar-refractivity contribution in [3.63, 3.8) is 0 Å². The van der Waals surface area contributed by atoms with Crippen LogP contribution in [0, 0.1) is 6.92 Å². The number of esters is 1. The van der Waals surface area contributed by atoms with Crippen LogP contribution in [0.3, 0.4) is 0 Å². The fourth-order valence-electron chi connectivity index (χ4n) is 2.31. The van der Waals surface area contributed by atoms with Crippen LogP contribution in [0.15, 0.2) is 48.5 Å². The summed E-state index contributed by atoms with van der Waals surface area (Å²) in [6.07, 6.45) is 0. The lowest BCUT2D eigenvalue weighted by atomic mass is 10.0. The predicted molar refractivity (Wildman–Crippen MR) is 96.8 cm³/mol. The molecule has 5 nitrogen and oxygen atoms in total. The quantitative estimate of drug-likeness (QED) is 0.780. The van der Waals surface area contributed by atoms with Gasteiger partial charge in [-0.1, -0.05) is 50.2 Å². The summed E-state index contributed by atoms with van der Waals surface area (Å²) in [5, 5.41) is 2.71. The van der Waals surface area contributed by atoms with Gasteiger partial charge in [0.1, 0.15) is 5.75 Å². The molecule has 0 saturated heterocycles. The second-order valence-electron chi connectivity index (χ2n) is 6.00. The van der Waals surface area contributed by atoms with Crippen LogP contribution >= 0.6 is 0 Å². The van der Waals surface area contributed by atoms with E-state index < -0.39 is 5.97 Å². The number of carbonyl (C=O) groups is 2. The van der Waals surface area contributed by atoms with Crippen molar-refractivity contribution in [1.82, 2.24) is 0 Å². The molecule has 0 radical (unpaired) electrons. The van der Waals surface area contributed by atoms with Crippen LogP contribution in [-0.4, -0.2) is 25.1 Å². The molecule has 0 atom stereocenters. The van der Waals surface area contributed by atoms with Gasteiger partial charge in [-0.25, -0.2) is 4.79 Å². The number of para-hydroxylation sites is 2. The van der Waals surface area contributed by atoms with E-state index in [0.29, 0.717) is 11.4 Å². The van der Waals surface area contributed by atoms with E-state index in [1.807, 2.05) is 49.4 Å². The van der Waals surface area contributed by atoms with Crippen LogP contribution in [0.2, 0.25) is 0 Å². The Hall–Kier alpha value is -2.82. The van der Waals surface area contributed by atoms with Gasteiger partial charge in [-0.15, -0.1) is 0 Å². The first kappa shape index (κ1) is 18.5. The van der Waals surface area contributed by atoms with Crippen molar-refractivity contribution in [2.24, 2.45) is 0 Å². The molecule has 132 valence electrons. The summed E-state index contributed by atoms with van der Waals surface area (Å²) in [7, 11) is 0. The van der Waals surface area contributed by atoms with Gasteiger partial charge in [0.25, 0.3) is 5.91 Å². The summed E-state index contributed by atoms with van der Waals surface area (Å²) in [5.74, 6) is -0.0327. The van der Waals surface area contributed by atoms with Gasteiger partial charge < -0.3 is 14.8 Å². The van der Waals surface area contributed by atoms with Crippen LogP contribution in [0.5, 0.6) is 5.75 Å². The van der Waals surface area contributed by atoms with E-state index in [1.165, 1.54) is 0 Å². The Morgan fingerprint density at radius 2 is 1.68 bits per heavy atom. The number of anilines is 1. The zero-order valence-electron chi connectivity index (χ0n) is 14.7. The molecule has 0 saturated carbocycles. The first-order valence-electron chi connectivity index (χ1n) is 8.20. The molecule has 0 aliphatic carbocycles. The third kappa shape index (κ3) is 5.64. The fourth-order valence-corrected chi connectivity index (χ4v) is 2.31. The van der Waals surface area contributed by atoms with E-state index in [9.17, 15) is 9.59 Å². The molecule has 0 unspecified atom stereocenters. The molecule has 1 amide bonds. The van der Waals surface area contributed by atoms with Crippen molar-refractivity contribution in [2.75, 3.05) is 18.5 Å². The van der Waals surface area contributed by atoms with E-state index in [0.717, 1.165) is 11.1 Å². The third-order valence-electron chi connectivity index (χ3n) is 3.67. The topological polar surface area (TPSA) is 64.6 Å².